The average Bonchev–Trinajstić information content (AvgIpc) is 2.84. The van der Waals surface area contributed by atoms with E-state index in [-0.39, 0.29) is 23.8 Å². The Morgan fingerprint density at radius 1 is 1.03 bits per heavy atom. The van der Waals surface area contributed by atoms with E-state index in [0.717, 1.165) is 44.5 Å². The number of rotatable bonds is 9. The fourth-order valence-corrected chi connectivity index (χ4v) is 5.45. The monoisotopic (exact) mass is 517 g/mol. The Bertz CT molecular complexity index is 991. The lowest BCUT2D eigenvalue weighted by molar-refractivity contribution is -0.134. The Hall–Kier alpha value is -2.08. The topological polar surface area (TPSA) is 43.9 Å². The zero-order valence-electron chi connectivity index (χ0n) is 21.2. The van der Waals surface area contributed by atoms with Gasteiger partial charge in [0, 0.05) is 57.2 Å². The lowest BCUT2D eigenvalue weighted by Gasteiger charge is -2.40. The van der Waals surface area contributed by atoms with Crippen molar-refractivity contribution in [2.75, 3.05) is 33.2 Å². The maximum Gasteiger partial charge on any atom is 0.253 e. The molecule has 7 heteroatoms. The number of carbonyl (C=O) groups excluding carboxylic acids is 2. The summed E-state index contributed by atoms with van der Waals surface area (Å²) >= 11 is 12.5. The molecule has 0 spiro atoms. The fraction of sp³-hybridized carbons (Fsp3) is 0.500. The molecule has 2 amide bonds. The van der Waals surface area contributed by atoms with Crippen LogP contribution in [-0.4, -0.2) is 71.8 Å². The first-order valence-corrected chi connectivity index (χ1v) is 13.2. The molecule has 35 heavy (non-hydrogen) atoms. The van der Waals surface area contributed by atoms with Crippen LogP contribution in [0.15, 0.2) is 48.5 Å². The molecule has 1 aliphatic rings. The third kappa shape index (κ3) is 7.45. The van der Waals surface area contributed by atoms with Crippen LogP contribution >= 0.6 is 23.2 Å². The summed E-state index contributed by atoms with van der Waals surface area (Å²) in [6.45, 7) is 9.29. The van der Waals surface area contributed by atoms with Gasteiger partial charge in [-0.3, -0.25) is 9.59 Å². The number of amides is 2. The van der Waals surface area contributed by atoms with Crippen LogP contribution < -0.4 is 0 Å². The van der Waals surface area contributed by atoms with Gasteiger partial charge in [0.2, 0.25) is 5.91 Å². The van der Waals surface area contributed by atoms with Crippen molar-refractivity contribution in [1.29, 1.82) is 0 Å². The quantitative estimate of drug-likeness (QED) is 0.412. The van der Waals surface area contributed by atoms with E-state index in [1.807, 2.05) is 60.5 Å². The van der Waals surface area contributed by atoms with Crippen molar-refractivity contribution in [3.05, 3.63) is 69.7 Å². The van der Waals surface area contributed by atoms with E-state index < -0.39 is 0 Å². The molecule has 1 fully saturated rings. The van der Waals surface area contributed by atoms with E-state index in [2.05, 4.69) is 18.7 Å². The minimum Gasteiger partial charge on any atom is -0.341 e. The molecule has 5 nitrogen and oxygen atoms in total. The van der Waals surface area contributed by atoms with Gasteiger partial charge < -0.3 is 14.7 Å². The number of hydrogen-bond acceptors (Lipinski definition) is 3. The molecule has 2 aromatic carbocycles. The van der Waals surface area contributed by atoms with Crippen LogP contribution in [0.5, 0.6) is 0 Å². The van der Waals surface area contributed by atoms with Crippen LogP contribution in [0.2, 0.25) is 10.0 Å². The number of hydrogen-bond donors (Lipinski definition) is 0. The molecule has 0 saturated carbocycles. The Kier molecular flexibility index (Phi) is 10.0. The lowest BCUT2D eigenvalue weighted by atomic mass is 9.93. The second-order valence-corrected chi connectivity index (χ2v) is 10.6. The van der Waals surface area contributed by atoms with Gasteiger partial charge in [-0.1, -0.05) is 47.5 Å². The van der Waals surface area contributed by atoms with Crippen LogP contribution in [0.1, 0.15) is 61.9 Å². The Morgan fingerprint density at radius 2 is 1.69 bits per heavy atom. The highest BCUT2D eigenvalue weighted by Gasteiger charge is 2.28. The molecule has 1 atom stereocenters. The number of nitrogens with zero attached hydrogens (tertiary/aromatic N) is 3. The number of likely N-dealkylation sites (N-methyl/N-ethyl adjacent to an activating group) is 1. The molecule has 190 valence electrons. The molecule has 1 unspecified atom stereocenters. The van der Waals surface area contributed by atoms with Crippen molar-refractivity contribution in [3.8, 4) is 0 Å². The summed E-state index contributed by atoms with van der Waals surface area (Å²) in [6, 6.07) is 15.7. The van der Waals surface area contributed by atoms with Gasteiger partial charge in [0.15, 0.2) is 0 Å². The molecule has 0 radical (unpaired) electrons. The van der Waals surface area contributed by atoms with E-state index in [1.165, 1.54) is 0 Å². The van der Waals surface area contributed by atoms with Crippen LogP contribution in [0.25, 0.3) is 0 Å². The third-order valence-electron chi connectivity index (χ3n) is 6.94. The fourth-order valence-electron chi connectivity index (χ4n) is 5.15. The van der Waals surface area contributed by atoms with Crippen LogP contribution in [0.4, 0.5) is 0 Å². The number of carbonyl (C=O) groups is 2. The predicted octanol–water partition coefficient (Wildman–Crippen LogP) is 5.96. The number of benzene rings is 2. The summed E-state index contributed by atoms with van der Waals surface area (Å²) < 4.78 is 0. The van der Waals surface area contributed by atoms with Crippen molar-refractivity contribution < 1.29 is 9.59 Å². The minimum atomic E-state index is 0.00878. The van der Waals surface area contributed by atoms with E-state index in [1.54, 1.807) is 11.8 Å². The van der Waals surface area contributed by atoms with E-state index in [0.29, 0.717) is 28.2 Å². The van der Waals surface area contributed by atoms with Gasteiger partial charge >= 0.3 is 0 Å². The highest BCUT2D eigenvalue weighted by Crippen LogP contribution is 2.30. The molecule has 0 aromatic heterocycles. The van der Waals surface area contributed by atoms with Crippen molar-refractivity contribution in [1.82, 2.24) is 14.7 Å². The van der Waals surface area contributed by atoms with Crippen molar-refractivity contribution in [3.63, 3.8) is 0 Å². The Labute approximate surface area is 220 Å². The maximum absolute atomic E-state index is 13.0. The van der Waals surface area contributed by atoms with Crippen molar-refractivity contribution >= 4 is 35.0 Å². The Balaban J connectivity index is 1.66. The molecule has 2 aromatic rings. The second kappa shape index (κ2) is 12.8. The lowest BCUT2D eigenvalue weighted by Crippen LogP contribution is -2.49. The Morgan fingerprint density at radius 3 is 2.26 bits per heavy atom. The molecule has 1 aliphatic heterocycles. The van der Waals surface area contributed by atoms with Crippen molar-refractivity contribution in [2.24, 2.45) is 0 Å². The zero-order valence-corrected chi connectivity index (χ0v) is 22.7. The second-order valence-electron chi connectivity index (χ2n) is 9.80. The van der Waals surface area contributed by atoms with E-state index in [9.17, 15) is 9.59 Å². The molecule has 0 bridgehead atoms. The van der Waals surface area contributed by atoms with Gasteiger partial charge in [0.1, 0.15) is 0 Å². The summed E-state index contributed by atoms with van der Waals surface area (Å²) in [5.41, 5.74) is 1.77. The summed E-state index contributed by atoms with van der Waals surface area (Å²) in [5.74, 6) is 0.295. The van der Waals surface area contributed by atoms with Gasteiger partial charge in [-0.05, 0) is 69.5 Å². The number of likely N-dealkylation sites (tertiary alicyclic amines) is 1. The standard InChI is InChI=1S/C28H37Cl2N3O2/c1-20(2)33(21(3)34)25-13-16-32(17-14-25)15-12-24(23-10-11-26(29)27(30)18-23)19-31(4)28(35)22-8-6-5-7-9-22/h5-11,18,20,24-25H,12-17,19H2,1-4H3. The minimum absolute atomic E-state index is 0.00878. The molecule has 1 heterocycles. The highest BCUT2D eigenvalue weighted by molar-refractivity contribution is 6.42. The van der Waals surface area contributed by atoms with Gasteiger partial charge in [-0.25, -0.2) is 0 Å². The van der Waals surface area contributed by atoms with Gasteiger partial charge in [-0.2, -0.15) is 0 Å². The van der Waals surface area contributed by atoms with Crippen LogP contribution in [0, 0.1) is 0 Å². The van der Waals surface area contributed by atoms with Crippen LogP contribution in [-0.2, 0) is 4.79 Å². The molecular weight excluding hydrogens is 481 g/mol. The van der Waals surface area contributed by atoms with Gasteiger partial charge in [0.05, 0.1) is 10.0 Å². The van der Waals surface area contributed by atoms with E-state index in [4.69, 9.17) is 23.2 Å². The first-order chi connectivity index (χ1) is 16.7. The normalized spacial score (nSPS) is 15.7. The van der Waals surface area contributed by atoms with Gasteiger partial charge in [0.25, 0.3) is 5.91 Å². The first-order valence-electron chi connectivity index (χ1n) is 12.4. The largest absolute Gasteiger partial charge is 0.341 e. The average molecular weight is 519 g/mol. The molecule has 3 rings (SSSR count). The number of halogens is 2. The third-order valence-corrected chi connectivity index (χ3v) is 7.68. The van der Waals surface area contributed by atoms with Gasteiger partial charge in [-0.15, -0.1) is 0 Å². The predicted molar refractivity (Wildman–Crippen MR) is 144 cm³/mol. The summed E-state index contributed by atoms with van der Waals surface area (Å²) in [4.78, 5) is 31.4. The summed E-state index contributed by atoms with van der Waals surface area (Å²) in [6.07, 6.45) is 2.87. The summed E-state index contributed by atoms with van der Waals surface area (Å²) in [5, 5.41) is 1.06. The van der Waals surface area contributed by atoms with Crippen LogP contribution in [0.3, 0.4) is 0 Å². The molecule has 1 saturated heterocycles. The van der Waals surface area contributed by atoms with Crippen molar-refractivity contribution in [2.45, 2.75) is 58.0 Å². The SMILES string of the molecule is CC(=O)N(C(C)C)C1CCN(CCC(CN(C)C(=O)c2ccccc2)c2ccc(Cl)c(Cl)c2)CC1. The maximum atomic E-state index is 13.0. The molecule has 0 aliphatic carbocycles. The summed E-state index contributed by atoms with van der Waals surface area (Å²) in [7, 11) is 1.85. The molecular formula is C28H37Cl2N3O2. The highest BCUT2D eigenvalue weighted by atomic mass is 35.5. The number of piperidine rings is 1. The first kappa shape index (κ1) is 27.5. The smallest absolute Gasteiger partial charge is 0.253 e. The van der Waals surface area contributed by atoms with E-state index >= 15 is 0 Å². The molecule has 0 N–H and O–H groups in total. The zero-order chi connectivity index (χ0) is 25.5.